The van der Waals surface area contributed by atoms with E-state index in [9.17, 15) is 4.39 Å². The van der Waals surface area contributed by atoms with Gasteiger partial charge in [-0.3, -0.25) is 4.90 Å². The number of benzene rings is 1. The molecule has 106 valence electrons. The van der Waals surface area contributed by atoms with Crippen LogP contribution in [0.2, 0.25) is 0 Å². The molecule has 2 atom stereocenters. The van der Waals surface area contributed by atoms with Gasteiger partial charge in [0, 0.05) is 19.1 Å². The van der Waals surface area contributed by atoms with E-state index in [1.54, 1.807) is 12.1 Å². The summed E-state index contributed by atoms with van der Waals surface area (Å²) in [4.78, 5) is 2.43. The molecule has 0 N–H and O–H groups in total. The molecule has 1 aliphatic heterocycles. The van der Waals surface area contributed by atoms with Crippen molar-refractivity contribution in [2.24, 2.45) is 0 Å². The van der Waals surface area contributed by atoms with Crippen LogP contribution < -0.4 is 4.74 Å². The van der Waals surface area contributed by atoms with Gasteiger partial charge in [-0.05, 0) is 44.5 Å². The molecule has 1 heterocycles. The number of hydrogen-bond donors (Lipinski definition) is 0. The van der Waals surface area contributed by atoms with Crippen LogP contribution in [0.25, 0.3) is 0 Å². The van der Waals surface area contributed by atoms with Crippen molar-refractivity contribution in [3.8, 4) is 5.75 Å². The van der Waals surface area contributed by atoms with Crippen LogP contribution in [0.1, 0.15) is 20.3 Å². The van der Waals surface area contributed by atoms with Gasteiger partial charge in [0.15, 0.2) is 0 Å². The standard InChI is InChI=1S/C15H22FNO2/c1-12-11-19-13(2)10-17(12)8-3-9-18-15-6-4-14(16)5-7-15/h4-7,12-13H,3,8-11H2,1-2H3. The molecular formula is C15H22FNO2. The lowest BCUT2D eigenvalue weighted by Crippen LogP contribution is -2.47. The molecule has 1 saturated heterocycles. The van der Waals surface area contributed by atoms with Crippen LogP contribution in [0.15, 0.2) is 24.3 Å². The lowest BCUT2D eigenvalue weighted by molar-refractivity contribution is -0.0502. The number of nitrogens with zero attached hydrogens (tertiary/aromatic N) is 1. The molecule has 1 aliphatic rings. The molecule has 0 amide bonds. The molecule has 0 spiro atoms. The monoisotopic (exact) mass is 267 g/mol. The molecule has 4 heteroatoms. The minimum atomic E-state index is -0.233. The predicted octanol–water partition coefficient (Wildman–Crippen LogP) is 2.70. The van der Waals surface area contributed by atoms with Crippen molar-refractivity contribution >= 4 is 0 Å². The smallest absolute Gasteiger partial charge is 0.123 e. The highest BCUT2D eigenvalue weighted by atomic mass is 19.1. The summed E-state index contributed by atoms with van der Waals surface area (Å²) in [6, 6.07) is 6.63. The highest BCUT2D eigenvalue weighted by Crippen LogP contribution is 2.13. The first-order valence-corrected chi connectivity index (χ1v) is 6.89. The number of hydrogen-bond acceptors (Lipinski definition) is 3. The Kier molecular flexibility index (Phi) is 5.16. The molecule has 0 saturated carbocycles. The quantitative estimate of drug-likeness (QED) is 0.766. The topological polar surface area (TPSA) is 21.7 Å². The Bertz CT molecular complexity index is 382. The Morgan fingerprint density at radius 3 is 2.79 bits per heavy atom. The Morgan fingerprint density at radius 2 is 2.05 bits per heavy atom. The van der Waals surface area contributed by atoms with E-state index >= 15 is 0 Å². The van der Waals surface area contributed by atoms with E-state index in [4.69, 9.17) is 9.47 Å². The van der Waals surface area contributed by atoms with Crippen LogP contribution in [-0.4, -0.2) is 43.3 Å². The summed E-state index contributed by atoms with van der Waals surface area (Å²) in [6.07, 6.45) is 1.28. The first-order valence-electron chi connectivity index (χ1n) is 6.89. The first-order chi connectivity index (χ1) is 9.15. The summed E-state index contributed by atoms with van der Waals surface area (Å²) >= 11 is 0. The van der Waals surface area contributed by atoms with Crippen molar-refractivity contribution in [2.45, 2.75) is 32.4 Å². The lowest BCUT2D eigenvalue weighted by atomic mass is 10.2. The summed E-state index contributed by atoms with van der Waals surface area (Å²) < 4.78 is 23.9. The van der Waals surface area contributed by atoms with Crippen LogP contribution in [0.5, 0.6) is 5.75 Å². The van der Waals surface area contributed by atoms with Gasteiger partial charge in [-0.25, -0.2) is 4.39 Å². The van der Waals surface area contributed by atoms with Crippen molar-refractivity contribution in [1.82, 2.24) is 4.90 Å². The summed E-state index contributed by atoms with van der Waals surface area (Å²) in [5, 5.41) is 0. The summed E-state index contributed by atoms with van der Waals surface area (Å²) in [7, 11) is 0. The van der Waals surface area contributed by atoms with Gasteiger partial charge < -0.3 is 9.47 Å². The Hall–Kier alpha value is -1.13. The van der Waals surface area contributed by atoms with Crippen molar-refractivity contribution in [2.75, 3.05) is 26.3 Å². The second-order valence-electron chi connectivity index (χ2n) is 5.14. The van der Waals surface area contributed by atoms with Crippen molar-refractivity contribution < 1.29 is 13.9 Å². The van der Waals surface area contributed by atoms with Crippen LogP contribution in [0.3, 0.4) is 0 Å². The molecular weight excluding hydrogens is 245 g/mol. The van der Waals surface area contributed by atoms with Crippen molar-refractivity contribution in [3.63, 3.8) is 0 Å². The number of rotatable bonds is 5. The van der Waals surface area contributed by atoms with Crippen LogP contribution in [0, 0.1) is 5.82 Å². The van der Waals surface area contributed by atoms with Gasteiger partial charge in [-0.15, -0.1) is 0 Å². The zero-order valence-corrected chi connectivity index (χ0v) is 11.6. The third kappa shape index (κ3) is 4.48. The Labute approximate surface area is 114 Å². The van der Waals surface area contributed by atoms with Gasteiger partial charge in [0.2, 0.25) is 0 Å². The minimum absolute atomic E-state index is 0.233. The second kappa shape index (κ2) is 6.87. The van der Waals surface area contributed by atoms with E-state index in [1.165, 1.54) is 12.1 Å². The van der Waals surface area contributed by atoms with Gasteiger partial charge in [0.05, 0.1) is 19.3 Å². The first kappa shape index (κ1) is 14.3. The van der Waals surface area contributed by atoms with Crippen LogP contribution in [-0.2, 0) is 4.74 Å². The second-order valence-corrected chi connectivity index (χ2v) is 5.14. The maximum atomic E-state index is 12.7. The molecule has 3 nitrogen and oxygen atoms in total. The fraction of sp³-hybridized carbons (Fsp3) is 0.600. The SMILES string of the molecule is CC1CN(CCCOc2ccc(F)cc2)C(C)CO1. The third-order valence-corrected chi connectivity index (χ3v) is 3.41. The van der Waals surface area contributed by atoms with Crippen molar-refractivity contribution in [1.29, 1.82) is 0 Å². The molecule has 1 fully saturated rings. The predicted molar refractivity (Wildman–Crippen MR) is 73.0 cm³/mol. The van der Waals surface area contributed by atoms with Crippen molar-refractivity contribution in [3.05, 3.63) is 30.1 Å². The van der Waals surface area contributed by atoms with E-state index in [1.807, 2.05) is 0 Å². The number of morpholine rings is 1. The van der Waals surface area contributed by atoms with Crippen LogP contribution in [0.4, 0.5) is 4.39 Å². The van der Waals surface area contributed by atoms with Gasteiger partial charge in [-0.2, -0.15) is 0 Å². The third-order valence-electron chi connectivity index (χ3n) is 3.41. The molecule has 19 heavy (non-hydrogen) atoms. The number of halogens is 1. The maximum Gasteiger partial charge on any atom is 0.123 e. The average Bonchev–Trinajstić information content (AvgIpc) is 2.40. The number of ether oxygens (including phenoxy) is 2. The molecule has 0 aromatic heterocycles. The average molecular weight is 267 g/mol. The van der Waals surface area contributed by atoms with Gasteiger partial charge in [0.1, 0.15) is 11.6 Å². The maximum absolute atomic E-state index is 12.7. The molecule has 2 rings (SSSR count). The molecule has 0 bridgehead atoms. The molecule has 1 aromatic rings. The van der Waals surface area contributed by atoms with Gasteiger partial charge >= 0.3 is 0 Å². The molecule has 1 aromatic carbocycles. The normalized spacial score (nSPS) is 24.4. The Balaban J connectivity index is 1.67. The van der Waals surface area contributed by atoms with Gasteiger partial charge in [-0.1, -0.05) is 0 Å². The fourth-order valence-electron chi connectivity index (χ4n) is 2.27. The lowest BCUT2D eigenvalue weighted by Gasteiger charge is -2.36. The summed E-state index contributed by atoms with van der Waals surface area (Å²) in [5.74, 6) is 0.494. The molecule has 0 aliphatic carbocycles. The molecule has 0 radical (unpaired) electrons. The van der Waals surface area contributed by atoms with Crippen LogP contribution >= 0.6 is 0 Å². The highest BCUT2D eigenvalue weighted by Gasteiger charge is 2.22. The zero-order chi connectivity index (χ0) is 13.7. The summed E-state index contributed by atoms with van der Waals surface area (Å²) in [5.41, 5.74) is 0. The van der Waals surface area contributed by atoms with E-state index in [0.29, 0.717) is 18.8 Å². The molecule has 2 unspecified atom stereocenters. The Morgan fingerprint density at radius 1 is 1.32 bits per heavy atom. The summed E-state index contributed by atoms with van der Waals surface area (Å²) in [6.45, 7) is 7.75. The minimum Gasteiger partial charge on any atom is -0.494 e. The largest absolute Gasteiger partial charge is 0.494 e. The van der Waals surface area contributed by atoms with E-state index in [0.717, 1.165) is 31.9 Å². The highest BCUT2D eigenvalue weighted by molar-refractivity contribution is 5.21. The van der Waals surface area contributed by atoms with Gasteiger partial charge in [0.25, 0.3) is 0 Å². The van der Waals surface area contributed by atoms with E-state index in [-0.39, 0.29) is 5.82 Å². The van der Waals surface area contributed by atoms with E-state index in [2.05, 4.69) is 18.7 Å². The van der Waals surface area contributed by atoms with E-state index < -0.39 is 0 Å². The zero-order valence-electron chi connectivity index (χ0n) is 11.6. The fourth-order valence-corrected chi connectivity index (χ4v) is 2.27.